The van der Waals surface area contributed by atoms with E-state index in [0.717, 1.165) is 61.6 Å². The van der Waals surface area contributed by atoms with E-state index in [9.17, 15) is 13.2 Å². The van der Waals surface area contributed by atoms with Gasteiger partial charge in [-0.1, -0.05) is 12.1 Å². The third kappa shape index (κ3) is 5.52. The minimum absolute atomic E-state index is 0.0416. The highest BCUT2D eigenvalue weighted by atomic mass is 19.4. The van der Waals surface area contributed by atoms with Gasteiger partial charge in [-0.15, -0.1) is 10.2 Å². The molecule has 3 aromatic heterocycles. The number of nitrogens with zero attached hydrogens (tertiary/aromatic N) is 7. The summed E-state index contributed by atoms with van der Waals surface area (Å²) in [6.07, 6.45) is -0.199. The number of para-hydroxylation sites is 1. The number of fused-ring (bicyclic) bond motifs is 2. The van der Waals surface area contributed by atoms with Crippen LogP contribution in [-0.4, -0.2) is 60.4 Å². The Bertz CT molecular complexity index is 2020. The molecule has 2 atom stereocenters. The molecular weight excluding hydrogens is 625 g/mol. The van der Waals surface area contributed by atoms with E-state index in [-0.39, 0.29) is 17.8 Å². The Morgan fingerprint density at radius 3 is 2.58 bits per heavy atom. The van der Waals surface area contributed by atoms with Gasteiger partial charge in [0, 0.05) is 30.9 Å². The quantitative estimate of drug-likeness (QED) is 0.227. The molecule has 0 radical (unpaired) electrons. The standard InChI is InChI=1S/C34H31F3N8O3/c1-33(28-8-5-20(16-38)17-39-28)47-27-4-2-3-24(30(27)48-33)21-9-12-44(13-10-21)19-29-40-25-15-22(31-41-32(43-42-31)34(35,36)37)6-7-26(25)45(29)18-23-11-14-46-23/h2-8,15,17,21,23H,9-14,18-19H2,1H3,(H,41,42,43). The van der Waals surface area contributed by atoms with Gasteiger partial charge in [0.25, 0.3) is 5.79 Å². The lowest BCUT2D eigenvalue weighted by molar-refractivity contribution is -0.144. The molecule has 14 heteroatoms. The molecule has 8 rings (SSSR count). The second-order valence-electron chi connectivity index (χ2n) is 12.6. The zero-order chi connectivity index (χ0) is 33.0. The number of alkyl halides is 3. The van der Waals surface area contributed by atoms with Crippen molar-refractivity contribution in [3.63, 3.8) is 0 Å². The smallest absolute Gasteiger partial charge is 0.443 e. The zero-order valence-electron chi connectivity index (χ0n) is 26.0. The summed E-state index contributed by atoms with van der Waals surface area (Å²) >= 11 is 0. The fourth-order valence-corrected chi connectivity index (χ4v) is 6.71. The van der Waals surface area contributed by atoms with Crippen molar-refractivity contribution in [3.05, 3.63) is 83.2 Å². The van der Waals surface area contributed by atoms with Gasteiger partial charge in [-0.2, -0.15) is 18.4 Å². The number of H-pyrrole nitrogens is 1. The zero-order valence-corrected chi connectivity index (χ0v) is 26.0. The number of rotatable bonds is 7. The highest BCUT2D eigenvalue weighted by Crippen LogP contribution is 2.49. The van der Waals surface area contributed by atoms with E-state index >= 15 is 0 Å². The number of hydrogen-bond donors (Lipinski definition) is 1. The molecule has 2 fully saturated rings. The van der Waals surface area contributed by atoms with Gasteiger partial charge >= 0.3 is 6.18 Å². The average Bonchev–Trinajstić information content (AvgIpc) is 3.78. The minimum atomic E-state index is -4.61. The van der Waals surface area contributed by atoms with Crippen molar-refractivity contribution < 1.29 is 27.4 Å². The number of aromatic amines is 1. The molecule has 0 amide bonds. The maximum Gasteiger partial charge on any atom is 0.451 e. The third-order valence-electron chi connectivity index (χ3n) is 9.40. The summed E-state index contributed by atoms with van der Waals surface area (Å²) in [5.41, 5.74) is 4.22. The number of ether oxygens (including phenoxy) is 3. The van der Waals surface area contributed by atoms with E-state index in [1.807, 2.05) is 25.1 Å². The van der Waals surface area contributed by atoms with E-state index in [1.165, 1.54) is 6.20 Å². The summed E-state index contributed by atoms with van der Waals surface area (Å²) < 4.78 is 60.0. The molecule has 2 aromatic carbocycles. The van der Waals surface area contributed by atoms with Crippen LogP contribution < -0.4 is 9.47 Å². The SMILES string of the molecule is CC1(c2ccc(C#N)cn2)Oc2cccc(C3CCN(Cc4nc5cc(-c6nnc(C(F)(F)F)[nH]6)ccc5n4CC4CCO4)CC3)c2O1. The Morgan fingerprint density at radius 2 is 1.90 bits per heavy atom. The van der Waals surface area contributed by atoms with Crippen molar-refractivity contribution >= 4 is 11.0 Å². The van der Waals surface area contributed by atoms with E-state index in [2.05, 4.69) is 41.8 Å². The first-order valence-corrected chi connectivity index (χ1v) is 15.9. The second kappa shape index (κ2) is 11.6. The fraction of sp³-hybridized carbons (Fsp3) is 0.382. The molecule has 3 aliphatic rings. The van der Waals surface area contributed by atoms with Crippen molar-refractivity contribution in [1.29, 1.82) is 5.26 Å². The van der Waals surface area contributed by atoms with Gasteiger partial charge in [-0.05, 0) is 74.7 Å². The van der Waals surface area contributed by atoms with Gasteiger partial charge in [0.05, 0.1) is 35.8 Å². The molecule has 0 saturated carbocycles. The number of likely N-dealkylation sites (tertiary alicyclic amines) is 1. The van der Waals surface area contributed by atoms with Crippen LogP contribution in [0, 0.1) is 11.3 Å². The van der Waals surface area contributed by atoms with Gasteiger partial charge in [0.2, 0.25) is 5.82 Å². The lowest BCUT2D eigenvalue weighted by Gasteiger charge is -2.33. The first-order chi connectivity index (χ1) is 23.2. The summed E-state index contributed by atoms with van der Waals surface area (Å²) in [6, 6.07) is 16.9. The molecule has 2 saturated heterocycles. The highest BCUT2D eigenvalue weighted by Gasteiger charge is 2.42. The maximum absolute atomic E-state index is 13.1. The summed E-state index contributed by atoms with van der Waals surface area (Å²) in [7, 11) is 0. The number of piperidine rings is 1. The van der Waals surface area contributed by atoms with Gasteiger partial charge in [0.15, 0.2) is 17.3 Å². The summed E-state index contributed by atoms with van der Waals surface area (Å²) in [5, 5.41) is 16.1. The molecule has 0 bridgehead atoms. The molecule has 246 valence electrons. The Hall–Kier alpha value is -5.00. The molecule has 3 aliphatic heterocycles. The lowest BCUT2D eigenvalue weighted by atomic mass is 9.88. The fourth-order valence-electron chi connectivity index (χ4n) is 6.71. The Balaban J connectivity index is 0.992. The molecule has 0 aliphatic carbocycles. The number of hydrogen-bond acceptors (Lipinski definition) is 9. The molecular formula is C34H31F3N8O3. The van der Waals surface area contributed by atoms with Crippen LogP contribution in [0.15, 0.2) is 54.7 Å². The molecule has 5 aromatic rings. The molecule has 2 unspecified atom stereocenters. The van der Waals surface area contributed by atoms with Crippen molar-refractivity contribution in [2.24, 2.45) is 0 Å². The number of aromatic nitrogens is 6. The number of pyridine rings is 1. The number of benzene rings is 2. The van der Waals surface area contributed by atoms with Crippen LogP contribution in [0.1, 0.15) is 60.6 Å². The van der Waals surface area contributed by atoms with E-state index < -0.39 is 17.8 Å². The van der Waals surface area contributed by atoms with Crippen molar-refractivity contribution in [2.45, 2.75) is 63.3 Å². The van der Waals surface area contributed by atoms with Gasteiger partial charge in [0.1, 0.15) is 17.6 Å². The molecule has 1 N–H and O–H groups in total. The predicted octanol–water partition coefficient (Wildman–Crippen LogP) is 5.92. The van der Waals surface area contributed by atoms with Crippen LogP contribution in [0.5, 0.6) is 11.5 Å². The van der Waals surface area contributed by atoms with Crippen LogP contribution in [0.4, 0.5) is 13.2 Å². The second-order valence-corrected chi connectivity index (χ2v) is 12.6. The predicted molar refractivity (Wildman–Crippen MR) is 166 cm³/mol. The summed E-state index contributed by atoms with van der Waals surface area (Å²) in [6.45, 7) is 5.54. The van der Waals surface area contributed by atoms with Crippen LogP contribution in [0.3, 0.4) is 0 Å². The first kappa shape index (κ1) is 30.3. The Labute approximate surface area is 273 Å². The average molecular weight is 657 g/mol. The Kier molecular flexibility index (Phi) is 7.34. The summed E-state index contributed by atoms with van der Waals surface area (Å²) in [4.78, 5) is 14.0. The summed E-state index contributed by atoms with van der Waals surface area (Å²) in [5.74, 6) is 0.375. The van der Waals surface area contributed by atoms with Crippen LogP contribution in [0.2, 0.25) is 0 Å². The van der Waals surface area contributed by atoms with E-state index in [0.29, 0.717) is 41.2 Å². The van der Waals surface area contributed by atoms with Crippen LogP contribution in [0.25, 0.3) is 22.4 Å². The largest absolute Gasteiger partial charge is 0.451 e. The number of imidazole rings is 1. The topological polar surface area (TPSA) is 127 Å². The lowest BCUT2D eigenvalue weighted by Crippen LogP contribution is -2.35. The number of halogens is 3. The van der Waals surface area contributed by atoms with E-state index in [1.54, 1.807) is 24.3 Å². The van der Waals surface area contributed by atoms with E-state index in [4.69, 9.17) is 24.5 Å². The minimum Gasteiger partial charge on any atom is -0.443 e. The number of nitriles is 1. The van der Waals surface area contributed by atoms with Gasteiger partial charge < -0.3 is 23.8 Å². The molecule has 6 heterocycles. The third-order valence-corrected chi connectivity index (χ3v) is 9.40. The van der Waals surface area contributed by atoms with Crippen molar-refractivity contribution in [3.8, 4) is 29.0 Å². The van der Waals surface area contributed by atoms with Gasteiger partial charge in [-0.25, -0.2) is 4.98 Å². The first-order valence-electron chi connectivity index (χ1n) is 15.9. The van der Waals surface area contributed by atoms with Crippen LogP contribution in [-0.2, 0) is 29.8 Å². The monoisotopic (exact) mass is 656 g/mol. The van der Waals surface area contributed by atoms with Crippen molar-refractivity contribution in [2.75, 3.05) is 19.7 Å². The number of nitrogens with one attached hydrogen (secondary N) is 1. The highest BCUT2D eigenvalue weighted by molar-refractivity contribution is 5.81. The normalized spacial score (nSPS) is 21.4. The van der Waals surface area contributed by atoms with Crippen molar-refractivity contribution in [1.82, 2.24) is 34.6 Å². The molecule has 0 spiro atoms. The van der Waals surface area contributed by atoms with Crippen LogP contribution >= 0.6 is 0 Å². The molecule has 48 heavy (non-hydrogen) atoms. The molecule has 11 nitrogen and oxygen atoms in total. The Morgan fingerprint density at radius 1 is 1.06 bits per heavy atom. The maximum atomic E-state index is 13.1. The van der Waals surface area contributed by atoms with Gasteiger partial charge in [-0.3, -0.25) is 9.88 Å².